The Hall–Kier alpha value is -3.43. The number of aliphatic hydroxyl groups is 1. The maximum Gasteiger partial charge on any atom is 0.460 e. The molecule has 0 spiro atoms. The molecule has 3 aliphatic rings. The molecule has 3 aromatic rings. The van der Waals surface area contributed by atoms with Gasteiger partial charge in [0.15, 0.2) is 34.8 Å². The zero-order valence-electron chi connectivity index (χ0n) is 24.9. The van der Waals surface area contributed by atoms with Crippen LogP contribution in [0.25, 0.3) is 11.2 Å². The lowest BCUT2D eigenvalue weighted by molar-refractivity contribution is -0.157. The molecule has 2 aromatic heterocycles. The van der Waals surface area contributed by atoms with Crippen molar-refractivity contribution in [3.05, 3.63) is 36.7 Å². The summed E-state index contributed by atoms with van der Waals surface area (Å²) in [6, 6.07) is 6.53. The third kappa shape index (κ3) is 5.31. The van der Waals surface area contributed by atoms with Crippen LogP contribution in [0.5, 0.6) is 11.6 Å². The number of nitrogen functional groups attached to an aromatic ring is 1. The number of ether oxygens (including phenoxy) is 3. The smallest absolute Gasteiger partial charge is 0.460 e. The minimum atomic E-state index is -4.70. The molecule has 17 heteroatoms. The number of nitrogens with one attached hydrogen (secondary N) is 1. The van der Waals surface area contributed by atoms with E-state index in [9.17, 15) is 14.5 Å². The maximum atomic E-state index is 16.6. The molecule has 14 nitrogen and oxygen atoms in total. The number of hydrogen-bond donors (Lipinski definition) is 3. The van der Waals surface area contributed by atoms with Crippen LogP contribution in [0.15, 0.2) is 36.7 Å². The van der Waals surface area contributed by atoms with Crippen molar-refractivity contribution in [2.45, 2.75) is 94.5 Å². The number of para-hydroxylation sites is 1. The first-order valence-corrected chi connectivity index (χ1v) is 16.3. The van der Waals surface area contributed by atoms with Crippen LogP contribution in [0.4, 0.5) is 14.7 Å². The number of esters is 1. The van der Waals surface area contributed by atoms with Crippen molar-refractivity contribution in [1.82, 2.24) is 24.6 Å². The number of anilines is 1. The summed E-state index contributed by atoms with van der Waals surface area (Å²) in [5, 5.41) is 13.9. The Balaban J connectivity index is 1.25. The number of nitrogens with two attached hydrogens (primary N) is 1. The van der Waals surface area contributed by atoms with Gasteiger partial charge in [0, 0.05) is 0 Å². The van der Waals surface area contributed by atoms with E-state index < -0.39 is 49.2 Å². The number of imidazole rings is 1. The van der Waals surface area contributed by atoms with Gasteiger partial charge in [-0.15, -0.1) is 0 Å². The highest BCUT2D eigenvalue weighted by Crippen LogP contribution is 2.73. The summed E-state index contributed by atoms with van der Waals surface area (Å²) in [7, 11) is -4.70. The average molecular weight is 653 g/mol. The first kappa shape index (κ1) is 31.5. The van der Waals surface area contributed by atoms with Gasteiger partial charge in [-0.3, -0.25) is 13.9 Å². The molecule has 1 aromatic carbocycles. The highest BCUT2D eigenvalue weighted by atomic mass is 31.2. The molecule has 1 saturated heterocycles. The molecule has 244 valence electrons. The molecule has 0 radical (unpaired) electrons. The van der Waals surface area contributed by atoms with E-state index in [0.29, 0.717) is 12.8 Å². The minimum Gasteiger partial charge on any atom is -0.476 e. The Kier molecular flexibility index (Phi) is 8.01. The summed E-state index contributed by atoms with van der Waals surface area (Å²) in [6.45, 7) is 4.22. The maximum absolute atomic E-state index is 16.6. The molecule has 2 unspecified atom stereocenters. The van der Waals surface area contributed by atoms with Crippen LogP contribution in [0.3, 0.4) is 0 Å². The molecular weight excluding hydrogens is 617 g/mol. The van der Waals surface area contributed by atoms with Gasteiger partial charge in [0.25, 0.3) is 5.85 Å². The Morgan fingerprint density at radius 2 is 1.96 bits per heavy atom. The van der Waals surface area contributed by atoms with Crippen molar-refractivity contribution in [2.24, 2.45) is 0 Å². The molecule has 45 heavy (non-hydrogen) atoms. The average Bonchev–Trinajstić information content (AvgIpc) is 3.23. The number of aromatic nitrogens is 4. The van der Waals surface area contributed by atoms with Gasteiger partial charge in [0.05, 0.1) is 12.9 Å². The van der Waals surface area contributed by atoms with E-state index in [1.54, 1.807) is 25.1 Å². The summed E-state index contributed by atoms with van der Waals surface area (Å²) < 4.78 is 75.7. The van der Waals surface area contributed by atoms with Gasteiger partial charge in [0.2, 0.25) is 11.8 Å². The van der Waals surface area contributed by atoms with Gasteiger partial charge < -0.3 is 29.6 Å². The molecule has 0 amide bonds. The second-order valence-electron chi connectivity index (χ2n) is 11.5. The molecule has 1 aliphatic heterocycles. The molecule has 4 N–H and O–H groups in total. The normalized spacial score (nSPS) is 31.6. The lowest BCUT2D eigenvalue weighted by atomic mass is 9.97. The summed E-state index contributed by atoms with van der Waals surface area (Å²) in [5.74, 6) is -4.06. The van der Waals surface area contributed by atoms with Crippen LogP contribution in [-0.2, 0) is 23.4 Å². The van der Waals surface area contributed by atoms with E-state index >= 15 is 8.78 Å². The Morgan fingerprint density at radius 1 is 1.24 bits per heavy atom. The van der Waals surface area contributed by atoms with Gasteiger partial charge in [0.1, 0.15) is 17.9 Å². The van der Waals surface area contributed by atoms with E-state index in [1.165, 1.54) is 19.1 Å². The Morgan fingerprint density at radius 3 is 2.60 bits per heavy atom. The molecule has 3 fully saturated rings. The zero-order chi connectivity index (χ0) is 32.2. The number of alkyl halides is 2. The standard InChI is InChI=1S/C28H35F2N6O8P/c1-4-40-21-19-20(33-25(31)34-21)36(15-32-19)24-26(3,29)27(38)23(28(27,30)42-24)44-45(39,43-18-13-9-6-10-14-18)35-16(2)22(37)41-17-11-7-5-8-12-17/h6,9-10,13-17,23-24,38H,4-5,7-8,11-12H2,1-3H3,(H,35,39)(H2,31,33,34)/t16-,23?,24+,26-,27-,28+,45?/m0/s1. The second kappa shape index (κ2) is 11.4. The number of benzene rings is 1. The summed E-state index contributed by atoms with van der Waals surface area (Å²) in [6.07, 6.45) is 1.20. The quantitative estimate of drug-likeness (QED) is 0.201. The second-order valence-corrected chi connectivity index (χ2v) is 13.2. The van der Waals surface area contributed by atoms with E-state index in [4.69, 9.17) is 29.0 Å². The number of nitrogens with zero attached hydrogens (tertiary/aromatic N) is 4. The van der Waals surface area contributed by atoms with Crippen molar-refractivity contribution in [1.29, 1.82) is 0 Å². The van der Waals surface area contributed by atoms with E-state index in [1.807, 2.05) is 0 Å². The predicted molar refractivity (Wildman–Crippen MR) is 154 cm³/mol. The third-order valence-corrected chi connectivity index (χ3v) is 9.98. The van der Waals surface area contributed by atoms with Gasteiger partial charge >= 0.3 is 13.7 Å². The highest BCUT2D eigenvalue weighted by molar-refractivity contribution is 7.52. The molecule has 6 rings (SSSR count). The van der Waals surface area contributed by atoms with Crippen LogP contribution < -0.4 is 20.1 Å². The van der Waals surface area contributed by atoms with Crippen LogP contribution in [-0.4, -0.2) is 72.6 Å². The highest BCUT2D eigenvalue weighted by Gasteiger charge is 2.96. The van der Waals surface area contributed by atoms with E-state index in [-0.39, 0.29) is 41.5 Å². The summed E-state index contributed by atoms with van der Waals surface area (Å²) in [4.78, 5) is 25.1. The minimum absolute atomic E-state index is 0.0264. The lowest BCUT2D eigenvalue weighted by Crippen LogP contribution is -2.45. The van der Waals surface area contributed by atoms with Crippen LogP contribution >= 0.6 is 7.75 Å². The number of carbonyl (C=O) groups is 1. The van der Waals surface area contributed by atoms with Crippen molar-refractivity contribution in [3.63, 3.8) is 0 Å². The number of hydrogen-bond acceptors (Lipinski definition) is 12. The van der Waals surface area contributed by atoms with Crippen LogP contribution in [0.1, 0.15) is 59.1 Å². The van der Waals surface area contributed by atoms with Crippen molar-refractivity contribution in [3.8, 4) is 11.6 Å². The fraction of sp³-hybridized carbons (Fsp3) is 0.571. The predicted octanol–water partition coefficient (Wildman–Crippen LogP) is 3.90. The summed E-state index contributed by atoms with van der Waals surface area (Å²) >= 11 is 0. The van der Waals surface area contributed by atoms with Crippen molar-refractivity contribution < 1.29 is 46.5 Å². The fourth-order valence-corrected chi connectivity index (χ4v) is 7.63. The molecule has 2 saturated carbocycles. The molecular formula is C28H35F2N6O8P. The van der Waals surface area contributed by atoms with E-state index in [2.05, 4.69) is 20.0 Å². The van der Waals surface area contributed by atoms with Crippen LogP contribution in [0.2, 0.25) is 0 Å². The van der Waals surface area contributed by atoms with Gasteiger partial charge in [-0.25, -0.2) is 18.3 Å². The summed E-state index contributed by atoms with van der Waals surface area (Å²) in [5.41, 5.74) is 0.00209. The molecule has 7 atom stereocenters. The van der Waals surface area contributed by atoms with Gasteiger partial charge in [-0.05, 0) is 58.6 Å². The number of halogens is 2. The Labute approximate surface area is 257 Å². The third-order valence-electron chi connectivity index (χ3n) is 8.34. The monoisotopic (exact) mass is 652 g/mol. The molecule has 2 aliphatic carbocycles. The largest absolute Gasteiger partial charge is 0.476 e. The number of fused-ring (bicyclic) bond motifs is 2. The van der Waals surface area contributed by atoms with Crippen LogP contribution in [0, 0.1) is 0 Å². The first-order chi connectivity index (χ1) is 21.3. The van der Waals surface area contributed by atoms with E-state index in [0.717, 1.165) is 37.1 Å². The number of rotatable bonds is 11. The zero-order valence-corrected chi connectivity index (χ0v) is 25.8. The SMILES string of the molecule is CCOc1nc(N)nc2c1ncn2[C@@H]1O[C@]2(F)C(OP(=O)(N[C@@H](C)C(=O)OC3CCCCC3)Oc3ccccc3)[C@]2(O)[C@@]1(C)F. The van der Waals surface area contributed by atoms with Crippen molar-refractivity contribution in [2.75, 3.05) is 12.3 Å². The molecule has 3 heterocycles. The molecule has 0 bridgehead atoms. The fourth-order valence-electron chi connectivity index (χ4n) is 5.93. The number of carbonyl (C=O) groups excluding carboxylic acids is 1. The topological polar surface area (TPSA) is 182 Å². The van der Waals surface area contributed by atoms with Gasteiger partial charge in [-0.2, -0.15) is 15.1 Å². The van der Waals surface area contributed by atoms with Gasteiger partial charge in [-0.1, -0.05) is 24.6 Å². The lowest BCUT2D eigenvalue weighted by Gasteiger charge is -2.31. The first-order valence-electron chi connectivity index (χ1n) is 14.7. The van der Waals surface area contributed by atoms with Crippen molar-refractivity contribution >= 4 is 30.8 Å². The Bertz CT molecular complexity index is 1630.